The number of nitrogens with zero attached hydrogens (tertiary/aromatic N) is 1. The maximum absolute atomic E-state index is 10.9. The molecule has 110 valence electrons. The maximum atomic E-state index is 10.9. The molecule has 1 aliphatic carbocycles. The number of rotatable bonds is 7. The summed E-state index contributed by atoms with van der Waals surface area (Å²) >= 11 is 0. The second kappa shape index (κ2) is 6.09. The van der Waals surface area contributed by atoms with Crippen molar-refractivity contribution in [3.63, 3.8) is 0 Å². The third-order valence-corrected chi connectivity index (χ3v) is 3.73. The first-order chi connectivity index (χ1) is 9.58. The lowest BCUT2D eigenvalue weighted by Gasteiger charge is -2.40. The first-order valence-electron chi connectivity index (χ1n) is 6.80. The second-order valence-electron chi connectivity index (χ2n) is 5.00. The highest BCUT2D eigenvalue weighted by Gasteiger charge is 2.36. The first kappa shape index (κ1) is 14.6. The van der Waals surface area contributed by atoms with E-state index in [1.165, 1.54) is 12.1 Å². The van der Waals surface area contributed by atoms with Crippen LogP contribution in [0, 0.1) is 10.1 Å². The number of non-ortho nitro benzene ring substituents is 1. The molecule has 0 spiro atoms. The lowest BCUT2D eigenvalue weighted by atomic mass is 9.80. The molecule has 1 N–H and O–H groups in total. The third kappa shape index (κ3) is 3.19. The van der Waals surface area contributed by atoms with Crippen molar-refractivity contribution >= 4 is 11.4 Å². The summed E-state index contributed by atoms with van der Waals surface area (Å²) in [6.07, 6.45) is 3.20. The van der Waals surface area contributed by atoms with E-state index in [2.05, 4.69) is 5.32 Å². The summed E-state index contributed by atoms with van der Waals surface area (Å²) in [5, 5.41) is 14.2. The first-order valence-corrected chi connectivity index (χ1v) is 6.80. The highest BCUT2D eigenvalue weighted by Crippen LogP contribution is 2.35. The van der Waals surface area contributed by atoms with Crippen molar-refractivity contribution in [2.45, 2.75) is 31.8 Å². The highest BCUT2D eigenvalue weighted by atomic mass is 16.6. The van der Waals surface area contributed by atoms with Crippen molar-refractivity contribution in [1.29, 1.82) is 0 Å². The van der Waals surface area contributed by atoms with Gasteiger partial charge in [-0.1, -0.05) is 0 Å². The molecule has 1 aromatic carbocycles. The summed E-state index contributed by atoms with van der Waals surface area (Å²) in [6, 6.07) is 4.73. The zero-order valence-electron chi connectivity index (χ0n) is 11.8. The van der Waals surface area contributed by atoms with Crippen LogP contribution in [0.15, 0.2) is 18.2 Å². The van der Waals surface area contributed by atoms with E-state index in [1.54, 1.807) is 13.2 Å². The number of anilines is 1. The van der Waals surface area contributed by atoms with Crippen LogP contribution in [0.1, 0.15) is 26.2 Å². The van der Waals surface area contributed by atoms with Gasteiger partial charge >= 0.3 is 0 Å². The van der Waals surface area contributed by atoms with Crippen LogP contribution in [0.2, 0.25) is 0 Å². The Kier molecular flexibility index (Phi) is 4.44. The van der Waals surface area contributed by atoms with Gasteiger partial charge in [0.15, 0.2) is 0 Å². The van der Waals surface area contributed by atoms with Gasteiger partial charge in [-0.25, -0.2) is 0 Å². The lowest BCUT2D eigenvalue weighted by molar-refractivity contribution is -0.384. The summed E-state index contributed by atoms with van der Waals surface area (Å²) in [5.74, 6) is 0.504. The SMILES string of the molecule is CCOc1cc(NCC2(OC)CCC2)cc([N+](=O)[O-])c1. The van der Waals surface area contributed by atoms with Gasteiger partial charge in [-0.3, -0.25) is 10.1 Å². The minimum atomic E-state index is -0.414. The number of nitro groups is 1. The Bertz CT molecular complexity index is 481. The molecular formula is C14H20N2O4. The average Bonchev–Trinajstić information content (AvgIpc) is 2.38. The van der Waals surface area contributed by atoms with Crippen molar-refractivity contribution in [3.8, 4) is 5.75 Å². The van der Waals surface area contributed by atoms with Gasteiger partial charge in [-0.15, -0.1) is 0 Å². The fourth-order valence-electron chi connectivity index (χ4n) is 2.33. The highest BCUT2D eigenvalue weighted by molar-refractivity contribution is 5.56. The summed E-state index contributed by atoms with van der Waals surface area (Å²) < 4.78 is 10.9. The topological polar surface area (TPSA) is 73.6 Å². The maximum Gasteiger partial charge on any atom is 0.275 e. The van der Waals surface area contributed by atoms with Crippen LogP contribution >= 0.6 is 0 Å². The van der Waals surface area contributed by atoms with Crippen LogP contribution < -0.4 is 10.1 Å². The van der Waals surface area contributed by atoms with Crippen molar-refractivity contribution in [1.82, 2.24) is 0 Å². The van der Waals surface area contributed by atoms with Gasteiger partial charge in [-0.05, 0) is 26.2 Å². The largest absolute Gasteiger partial charge is 0.494 e. The van der Waals surface area contributed by atoms with Gasteiger partial charge in [0.2, 0.25) is 0 Å². The molecule has 1 saturated carbocycles. The Hall–Kier alpha value is -1.82. The normalized spacial score (nSPS) is 16.3. The number of ether oxygens (including phenoxy) is 2. The Labute approximate surface area is 118 Å². The molecule has 0 heterocycles. The van der Waals surface area contributed by atoms with E-state index in [-0.39, 0.29) is 11.3 Å². The number of hydrogen-bond acceptors (Lipinski definition) is 5. The van der Waals surface area contributed by atoms with Crippen LogP contribution in [0.3, 0.4) is 0 Å². The fourth-order valence-corrected chi connectivity index (χ4v) is 2.33. The molecule has 0 saturated heterocycles. The standard InChI is InChI=1S/C14H20N2O4/c1-3-20-13-8-11(7-12(9-13)16(17)18)15-10-14(19-2)5-4-6-14/h7-9,15H,3-6,10H2,1-2H3. The minimum absolute atomic E-state index is 0.0264. The molecule has 2 rings (SSSR count). The summed E-state index contributed by atoms with van der Waals surface area (Å²) in [4.78, 5) is 10.5. The second-order valence-corrected chi connectivity index (χ2v) is 5.00. The molecule has 6 heteroatoms. The molecule has 0 radical (unpaired) electrons. The van der Waals surface area contributed by atoms with E-state index in [9.17, 15) is 10.1 Å². The molecule has 1 fully saturated rings. The van der Waals surface area contributed by atoms with E-state index in [0.717, 1.165) is 19.3 Å². The van der Waals surface area contributed by atoms with E-state index in [4.69, 9.17) is 9.47 Å². The Morgan fingerprint density at radius 3 is 2.65 bits per heavy atom. The van der Waals surface area contributed by atoms with Gasteiger partial charge in [0.1, 0.15) is 5.75 Å². The van der Waals surface area contributed by atoms with Crippen molar-refractivity contribution in [3.05, 3.63) is 28.3 Å². The number of hydrogen-bond donors (Lipinski definition) is 1. The lowest BCUT2D eigenvalue weighted by Crippen LogP contribution is -2.45. The number of methoxy groups -OCH3 is 1. The van der Waals surface area contributed by atoms with Crippen LogP contribution in [-0.4, -0.2) is 30.8 Å². The molecule has 0 unspecified atom stereocenters. The van der Waals surface area contributed by atoms with E-state index >= 15 is 0 Å². The monoisotopic (exact) mass is 280 g/mol. The number of nitro benzene ring substituents is 1. The van der Waals surface area contributed by atoms with Crippen LogP contribution in [0.25, 0.3) is 0 Å². The molecule has 0 amide bonds. The molecule has 20 heavy (non-hydrogen) atoms. The molecule has 1 aromatic rings. The molecule has 0 aliphatic heterocycles. The zero-order valence-corrected chi connectivity index (χ0v) is 11.8. The quantitative estimate of drug-likeness (QED) is 0.614. The molecule has 0 atom stereocenters. The average molecular weight is 280 g/mol. The Morgan fingerprint density at radius 1 is 1.40 bits per heavy atom. The van der Waals surface area contributed by atoms with Gasteiger partial charge in [0.05, 0.1) is 23.2 Å². The summed E-state index contributed by atoms with van der Waals surface area (Å²) in [5.41, 5.74) is 0.584. The van der Waals surface area contributed by atoms with Crippen molar-refractivity contribution in [2.75, 3.05) is 25.6 Å². The van der Waals surface area contributed by atoms with E-state index < -0.39 is 4.92 Å². The predicted molar refractivity (Wildman–Crippen MR) is 76.3 cm³/mol. The van der Waals surface area contributed by atoms with Gasteiger partial charge in [0, 0.05) is 31.5 Å². The zero-order chi connectivity index (χ0) is 14.6. The molecular weight excluding hydrogens is 260 g/mol. The Morgan fingerprint density at radius 2 is 2.15 bits per heavy atom. The molecule has 0 bridgehead atoms. The number of nitrogens with one attached hydrogen (secondary N) is 1. The fraction of sp³-hybridized carbons (Fsp3) is 0.571. The Balaban J connectivity index is 2.11. The summed E-state index contributed by atoms with van der Waals surface area (Å²) in [7, 11) is 1.71. The van der Waals surface area contributed by atoms with E-state index in [1.807, 2.05) is 6.92 Å². The molecule has 1 aliphatic rings. The number of benzene rings is 1. The van der Waals surface area contributed by atoms with Gasteiger partial charge in [-0.2, -0.15) is 0 Å². The summed E-state index contributed by atoms with van der Waals surface area (Å²) in [6.45, 7) is 2.97. The van der Waals surface area contributed by atoms with Crippen LogP contribution in [-0.2, 0) is 4.74 Å². The predicted octanol–water partition coefficient (Wildman–Crippen LogP) is 2.97. The minimum Gasteiger partial charge on any atom is -0.494 e. The van der Waals surface area contributed by atoms with Crippen molar-refractivity contribution < 1.29 is 14.4 Å². The third-order valence-electron chi connectivity index (χ3n) is 3.73. The van der Waals surface area contributed by atoms with Gasteiger partial charge < -0.3 is 14.8 Å². The smallest absolute Gasteiger partial charge is 0.275 e. The molecule has 0 aromatic heterocycles. The van der Waals surface area contributed by atoms with Gasteiger partial charge in [0.25, 0.3) is 5.69 Å². The van der Waals surface area contributed by atoms with Crippen LogP contribution in [0.5, 0.6) is 5.75 Å². The molecule has 6 nitrogen and oxygen atoms in total. The van der Waals surface area contributed by atoms with E-state index in [0.29, 0.717) is 24.6 Å². The van der Waals surface area contributed by atoms with Crippen LogP contribution in [0.4, 0.5) is 11.4 Å². The van der Waals surface area contributed by atoms with Crippen molar-refractivity contribution in [2.24, 2.45) is 0 Å².